The van der Waals surface area contributed by atoms with E-state index in [-0.39, 0.29) is 5.56 Å². The van der Waals surface area contributed by atoms with Gasteiger partial charge in [0.25, 0.3) is 0 Å². The van der Waals surface area contributed by atoms with Gasteiger partial charge < -0.3 is 4.90 Å². The summed E-state index contributed by atoms with van der Waals surface area (Å²) in [7, 11) is 1.32. The van der Waals surface area contributed by atoms with Crippen LogP contribution in [0.4, 0.5) is 18.9 Å². The highest BCUT2D eigenvalue weighted by atomic mass is 19.4. The van der Waals surface area contributed by atoms with Crippen LogP contribution in [-0.2, 0) is 0 Å². The Kier molecular flexibility index (Phi) is 3.43. The summed E-state index contributed by atoms with van der Waals surface area (Å²) in [5, 5.41) is 8.83. The molecule has 1 aromatic carbocycles. The number of hydrogen-bond acceptors (Lipinski definition) is 2. The van der Waals surface area contributed by atoms with Crippen LogP contribution in [0.5, 0.6) is 0 Å². The van der Waals surface area contributed by atoms with E-state index in [0.29, 0.717) is 5.69 Å². The molecular weight excluding hydrogens is 217 g/mol. The molecule has 0 spiro atoms. The van der Waals surface area contributed by atoms with Crippen LogP contribution >= 0.6 is 0 Å². The molecule has 0 radical (unpaired) electrons. The van der Waals surface area contributed by atoms with Gasteiger partial charge in [-0.2, -0.15) is 18.4 Å². The van der Waals surface area contributed by atoms with Gasteiger partial charge in [0.1, 0.15) is 12.6 Å². The van der Waals surface area contributed by atoms with E-state index < -0.39 is 12.7 Å². The molecule has 0 fully saturated rings. The molecule has 1 rings (SSSR count). The molecule has 1 aromatic rings. The maximum atomic E-state index is 12.2. The maximum Gasteiger partial charge on any atom is 0.405 e. The van der Waals surface area contributed by atoms with Crippen molar-refractivity contribution in [3.63, 3.8) is 0 Å². The van der Waals surface area contributed by atoms with Gasteiger partial charge in [0.2, 0.25) is 0 Å². The highest BCUT2D eigenvalue weighted by molar-refractivity contribution is 5.60. The molecule has 0 heterocycles. The van der Waals surface area contributed by atoms with Gasteiger partial charge in [-0.25, -0.2) is 0 Å². The van der Waals surface area contributed by atoms with Crippen LogP contribution in [0, 0.1) is 18.3 Å². The monoisotopic (exact) mass is 228 g/mol. The van der Waals surface area contributed by atoms with Crippen molar-refractivity contribution in [3.8, 4) is 6.07 Å². The first-order chi connectivity index (χ1) is 7.33. The number of nitriles is 1. The van der Waals surface area contributed by atoms with Crippen molar-refractivity contribution >= 4 is 5.69 Å². The minimum Gasteiger partial charge on any atom is -0.365 e. The number of halogens is 3. The zero-order valence-electron chi connectivity index (χ0n) is 8.97. The van der Waals surface area contributed by atoms with Gasteiger partial charge in [-0.3, -0.25) is 0 Å². The second-order valence-electron chi connectivity index (χ2n) is 3.60. The number of alkyl halides is 3. The Morgan fingerprint density at radius 2 is 2.00 bits per heavy atom. The molecule has 86 valence electrons. The first-order valence-electron chi connectivity index (χ1n) is 4.62. The number of nitrogens with zero attached hydrogens (tertiary/aromatic N) is 2. The highest BCUT2D eigenvalue weighted by Gasteiger charge is 2.30. The minimum absolute atomic E-state index is 0.256. The zero-order chi connectivity index (χ0) is 12.3. The van der Waals surface area contributed by atoms with Gasteiger partial charge in [-0.15, -0.1) is 0 Å². The smallest absolute Gasteiger partial charge is 0.365 e. The van der Waals surface area contributed by atoms with Crippen LogP contribution in [0.1, 0.15) is 11.1 Å². The van der Waals surface area contributed by atoms with Crippen LogP contribution in [0.3, 0.4) is 0 Å². The van der Waals surface area contributed by atoms with Crippen LogP contribution in [-0.4, -0.2) is 19.8 Å². The average molecular weight is 228 g/mol. The van der Waals surface area contributed by atoms with Crippen molar-refractivity contribution in [2.45, 2.75) is 13.1 Å². The fourth-order valence-corrected chi connectivity index (χ4v) is 1.43. The van der Waals surface area contributed by atoms with Gasteiger partial charge in [0.05, 0.1) is 11.3 Å². The Balaban J connectivity index is 3.00. The number of anilines is 1. The molecule has 0 amide bonds. The lowest BCUT2D eigenvalue weighted by Gasteiger charge is -2.22. The molecule has 0 unspecified atom stereocenters. The normalized spacial score (nSPS) is 11.0. The molecular formula is C11H11F3N2. The van der Waals surface area contributed by atoms with Crippen LogP contribution in [0.25, 0.3) is 0 Å². The van der Waals surface area contributed by atoms with E-state index in [9.17, 15) is 13.2 Å². The molecule has 0 N–H and O–H groups in total. The van der Waals surface area contributed by atoms with Crippen LogP contribution in [0.15, 0.2) is 18.2 Å². The van der Waals surface area contributed by atoms with E-state index in [0.717, 1.165) is 10.5 Å². The molecule has 0 aliphatic heterocycles. The van der Waals surface area contributed by atoms with Crippen molar-refractivity contribution in [1.82, 2.24) is 0 Å². The quantitative estimate of drug-likeness (QED) is 0.778. The molecule has 0 aliphatic carbocycles. The maximum absolute atomic E-state index is 12.2. The topological polar surface area (TPSA) is 27.0 Å². The summed E-state index contributed by atoms with van der Waals surface area (Å²) < 4.78 is 36.5. The first kappa shape index (κ1) is 12.4. The standard InChI is InChI=1S/C11H11F3N2/c1-8-3-4-10(9(5-8)6-15)16(2)7-11(12,13)14/h3-5H,7H2,1-2H3. The number of rotatable bonds is 2. The van der Waals surface area contributed by atoms with Gasteiger partial charge >= 0.3 is 6.18 Å². The third-order valence-electron chi connectivity index (χ3n) is 2.10. The van der Waals surface area contributed by atoms with Gasteiger partial charge in [0.15, 0.2) is 0 Å². The molecule has 0 bridgehead atoms. The lowest BCUT2D eigenvalue weighted by molar-refractivity contribution is -0.119. The molecule has 0 saturated heterocycles. The number of aryl methyl sites for hydroxylation is 1. The van der Waals surface area contributed by atoms with E-state index in [1.54, 1.807) is 19.1 Å². The molecule has 0 atom stereocenters. The van der Waals surface area contributed by atoms with E-state index in [1.807, 2.05) is 6.07 Å². The SMILES string of the molecule is Cc1ccc(N(C)CC(F)(F)F)c(C#N)c1. The summed E-state index contributed by atoms with van der Waals surface area (Å²) in [6.07, 6.45) is -4.27. The number of hydrogen-bond donors (Lipinski definition) is 0. The predicted molar refractivity (Wildman–Crippen MR) is 55.2 cm³/mol. The summed E-state index contributed by atoms with van der Waals surface area (Å²) in [4.78, 5) is 1.03. The summed E-state index contributed by atoms with van der Waals surface area (Å²) in [5.74, 6) is 0. The molecule has 0 aromatic heterocycles. The van der Waals surface area contributed by atoms with Crippen molar-refractivity contribution in [2.75, 3.05) is 18.5 Å². The van der Waals surface area contributed by atoms with E-state index >= 15 is 0 Å². The Labute approximate surface area is 91.9 Å². The van der Waals surface area contributed by atoms with Crippen molar-refractivity contribution in [1.29, 1.82) is 5.26 Å². The minimum atomic E-state index is -4.27. The third-order valence-corrected chi connectivity index (χ3v) is 2.10. The Morgan fingerprint density at radius 1 is 1.38 bits per heavy atom. The lowest BCUT2D eigenvalue weighted by atomic mass is 10.1. The van der Waals surface area contributed by atoms with Gasteiger partial charge in [-0.05, 0) is 24.6 Å². The lowest BCUT2D eigenvalue weighted by Crippen LogP contribution is -2.31. The molecule has 16 heavy (non-hydrogen) atoms. The van der Waals surface area contributed by atoms with Crippen LogP contribution in [0.2, 0.25) is 0 Å². The van der Waals surface area contributed by atoms with Gasteiger partial charge in [0, 0.05) is 7.05 Å². The van der Waals surface area contributed by atoms with E-state index in [4.69, 9.17) is 5.26 Å². The average Bonchev–Trinajstić information content (AvgIpc) is 2.14. The van der Waals surface area contributed by atoms with Crippen molar-refractivity contribution in [3.05, 3.63) is 29.3 Å². The zero-order valence-corrected chi connectivity index (χ0v) is 8.97. The second kappa shape index (κ2) is 4.44. The Bertz CT molecular complexity index is 418. The predicted octanol–water partition coefficient (Wildman–Crippen LogP) is 2.87. The molecule has 0 saturated carbocycles. The fraction of sp³-hybridized carbons (Fsp3) is 0.364. The van der Waals surface area contributed by atoms with Gasteiger partial charge in [-0.1, -0.05) is 6.07 Å². The third kappa shape index (κ3) is 3.16. The summed E-state index contributed by atoms with van der Waals surface area (Å²) in [6.45, 7) is 0.721. The summed E-state index contributed by atoms with van der Waals surface area (Å²) >= 11 is 0. The Hall–Kier alpha value is -1.70. The first-order valence-corrected chi connectivity index (χ1v) is 4.62. The fourth-order valence-electron chi connectivity index (χ4n) is 1.43. The van der Waals surface area contributed by atoms with Crippen LogP contribution < -0.4 is 4.90 Å². The van der Waals surface area contributed by atoms with E-state index in [2.05, 4.69) is 0 Å². The largest absolute Gasteiger partial charge is 0.405 e. The molecule has 5 heteroatoms. The van der Waals surface area contributed by atoms with Crippen molar-refractivity contribution in [2.24, 2.45) is 0 Å². The second-order valence-corrected chi connectivity index (χ2v) is 3.60. The van der Waals surface area contributed by atoms with Crippen molar-refractivity contribution < 1.29 is 13.2 Å². The van der Waals surface area contributed by atoms with E-state index in [1.165, 1.54) is 13.1 Å². The number of benzene rings is 1. The summed E-state index contributed by atoms with van der Waals surface area (Å²) in [6, 6.07) is 6.68. The molecule has 0 aliphatic rings. The molecule has 2 nitrogen and oxygen atoms in total. The highest BCUT2D eigenvalue weighted by Crippen LogP contribution is 2.24. The summed E-state index contributed by atoms with van der Waals surface area (Å²) in [5.41, 5.74) is 1.40. The Morgan fingerprint density at radius 3 is 2.50 bits per heavy atom.